The Bertz CT molecular complexity index is 645. The van der Waals surface area contributed by atoms with Gasteiger partial charge in [-0.3, -0.25) is 0 Å². The normalized spacial score (nSPS) is 18.5. The van der Waals surface area contributed by atoms with Gasteiger partial charge in [-0.2, -0.15) is 4.98 Å². The van der Waals surface area contributed by atoms with Gasteiger partial charge in [0.15, 0.2) is 11.5 Å². The summed E-state index contributed by atoms with van der Waals surface area (Å²) in [5, 5.41) is 0. The van der Waals surface area contributed by atoms with Gasteiger partial charge in [-0.15, -0.1) is 0 Å². The van der Waals surface area contributed by atoms with Gasteiger partial charge in [0.25, 0.3) is 6.43 Å². The number of fused-ring (bicyclic) bond motifs is 1. The highest BCUT2D eigenvalue weighted by atomic mass is 32.2. The summed E-state index contributed by atoms with van der Waals surface area (Å²) in [5.74, 6) is -0.455. The van der Waals surface area contributed by atoms with Gasteiger partial charge in [0.1, 0.15) is 11.0 Å². The average molecular weight is 333 g/mol. The Hall–Kier alpha value is -0.900. The molecule has 114 valence electrons. The number of alkyl halides is 2. The largest absolute Gasteiger partial charge is 0.610 e. The number of aromatic nitrogens is 3. The number of thiazole rings is 1. The molecule has 3 rings (SSSR count). The second kappa shape index (κ2) is 6.07. The fourth-order valence-electron chi connectivity index (χ4n) is 2.31. The van der Waals surface area contributed by atoms with Crippen molar-refractivity contribution in [1.29, 1.82) is 0 Å². The Labute approximate surface area is 127 Å². The topological polar surface area (TPSA) is 71.0 Å². The highest BCUT2D eigenvalue weighted by Gasteiger charge is 2.26. The predicted molar refractivity (Wildman–Crippen MR) is 75.3 cm³/mol. The Morgan fingerprint density at radius 3 is 2.62 bits per heavy atom. The molecule has 1 atom stereocenters. The van der Waals surface area contributed by atoms with E-state index in [1.165, 1.54) is 17.6 Å². The highest BCUT2D eigenvalue weighted by Crippen LogP contribution is 2.35. The second-order valence-corrected chi connectivity index (χ2v) is 7.29. The van der Waals surface area contributed by atoms with Crippen LogP contribution in [0.2, 0.25) is 0 Å². The molecule has 0 saturated carbocycles. The zero-order chi connectivity index (χ0) is 15.0. The molecule has 2 aromatic heterocycles. The van der Waals surface area contributed by atoms with Crippen molar-refractivity contribution in [2.24, 2.45) is 0 Å². The Morgan fingerprint density at radius 2 is 2.00 bits per heavy atom. The van der Waals surface area contributed by atoms with E-state index in [-0.39, 0.29) is 11.6 Å². The van der Waals surface area contributed by atoms with E-state index < -0.39 is 23.4 Å². The maximum atomic E-state index is 13.0. The minimum atomic E-state index is -2.75. The molecule has 21 heavy (non-hydrogen) atoms. The van der Waals surface area contributed by atoms with Gasteiger partial charge in [-0.05, 0) is 12.8 Å². The van der Waals surface area contributed by atoms with Crippen molar-refractivity contribution in [2.45, 2.75) is 29.5 Å². The van der Waals surface area contributed by atoms with E-state index in [1.807, 2.05) is 0 Å². The van der Waals surface area contributed by atoms with Crippen LogP contribution in [0, 0.1) is 0 Å². The maximum Gasteiger partial charge on any atom is 0.303 e. The van der Waals surface area contributed by atoms with Crippen LogP contribution in [0.15, 0.2) is 4.34 Å². The van der Waals surface area contributed by atoms with Crippen molar-refractivity contribution in [3.63, 3.8) is 0 Å². The molecule has 1 aliphatic heterocycles. The van der Waals surface area contributed by atoms with Crippen LogP contribution in [0.25, 0.3) is 10.3 Å². The first kappa shape index (κ1) is 15.0. The summed E-state index contributed by atoms with van der Waals surface area (Å²) in [6.45, 7) is 1.18. The lowest BCUT2D eigenvalue weighted by Crippen LogP contribution is -2.16. The third-order valence-corrected chi connectivity index (χ3v) is 5.73. The summed E-state index contributed by atoms with van der Waals surface area (Å²) >= 11 is -0.0406. The first-order chi connectivity index (χ1) is 10.1. The molecule has 1 fully saturated rings. The number of nitrogens with zero attached hydrogens (tertiary/aromatic N) is 3. The zero-order valence-electron chi connectivity index (χ0n) is 11.2. The first-order valence-electron chi connectivity index (χ1n) is 6.44. The van der Waals surface area contributed by atoms with Crippen molar-refractivity contribution in [3.05, 3.63) is 11.5 Å². The zero-order valence-corrected chi connectivity index (χ0v) is 12.8. The van der Waals surface area contributed by atoms with E-state index in [2.05, 4.69) is 15.0 Å². The molecule has 1 saturated heterocycles. The van der Waals surface area contributed by atoms with E-state index in [0.29, 0.717) is 27.9 Å². The van der Waals surface area contributed by atoms with Gasteiger partial charge in [-0.25, -0.2) is 18.7 Å². The number of halogens is 2. The van der Waals surface area contributed by atoms with E-state index in [1.54, 1.807) is 0 Å². The molecule has 1 aliphatic rings. The summed E-state index contributed by atoms with van der Waals surface area (Å²) in [6, 6.07) is 0. The summed E-state index contributed by atoms with van der Waals surface area (Å²) in [4.78, 5) is 12.0. The lowest BCUT2D eigenvalue weighted by Gasteiger charge is -2.21. The number of rotatable bonds is 3. The lowest BCUT2D eigenvalue weighted by atomic mass is 9.96. The second-order valence-electron chi connectivity index (χ2n) is 4.74. The van der Waals surface area contributed by atoms with Crippen molar-refractivity contribution >= 4 is 32.9 Å². The number of hydrogen-bond acceptors (Lipinski definition) is 6. The summed E-state index contributed by atoms with van der Waals surface area (Å²) in [6.07, 6.45) is 0.229. The molecular formula is C12H13F2N3O2S2. The molecule has 0 N–H and O–H groups in total. The van der Waals surface area contributed by atoms with Crippen LogP contribution in [0.1, 0.15) is 36.7 Å². The van der Waals surface area contributed by atoms with Crippen LogP contribution >= 0.6 is 11.3 Å². The molecule has 0 spiro atoms. The maximum absolute atomic E-state index is 13.0. The smallest absolute Gasteiger partial charge is 0.303 e. The fourth-order valence-corrected chi connectivity index (χ4v) is 4.05. The summed E-state index contributed by atoms with van der Waals surface area (Å²) in [7, 11) is 0. The molecule has 0 aliphatic carbocycles. The van der Waals surface area contributed by atoms with Crippen molar-refractivity contribution < 1.29 is 18.1 Å². The van der Waals surface area contributed by atoms with Crippen molar-refractivity contribution in [2.75, 3.05) is 19.5 Å². The quantitative estimate of drug-likeness (QED) is 0.808. The first-order valence-corrected chi connectivity index (χ1v) is 8.81. The van der Waals surface area contributed by atoms with E-state index >= 15 is 0 Å². The third kappa shape index (κ3) is 3.01. The Kier molecular flexibility index (Phi) is 4.34. The van der Waals surface area contributed by atoms with Gasteiger partial charge in [0.2, 0.25) is 0 Å². The SMILES string of the molecule is C[S+]([O-])c1nc2nc(C(F)F)nc(C3CCOCC3)c2s1. The van der Waals surface area contributed by atoms with Gasteiger partial charge < -0.3 is 9.29 Å². The molecule has 5 nitrogen and oxygen atoms in total. The molecule has 0 bridgehead atoms. The van der Waals surface area contributed by atoms with Crippen LogP contribution in [-0.2, 0) is 15.9 Å². The van der Waals surface area contributed by atoms with Crippen LogP contribution in [0.4, 0.5) is 8.78 Å². The van der Waals surface area contributed by atoms with E-state index in [4.69, 9.17) is 4.74 Å². The number of hydrogen-bond donors (Lipinski definition) is 0. The molecule has 2 aromatic rings. The number of ether oxygens (including phenoxy) is 1. The molecule has 0 aromatic carbocycles. The van der Waals surface area contributed by atoms with Gasteiger partial charge in [0, 0.05) is 30.3 Å². The lowest BCUT2D eigenvalue weighted by molar-refractivity contribution is 0.0844. The summed E-state index contributed by atoms with van der Waals surface area (Å²) < 4.78 is 43.9. The Morgan fingerprint density at radius 1 is 1.29 bits per heavy atom. The highest BCUT2D eigenvalue weighted by molar-refractivity contribution is 7.92. The molecule has 9 heteroatoms. The van der Waals surface area contributed by atoms with Crippen molar-refractivity contribution in [3.8, 4) is 0 Å². The van der Waals surface area contributed by atoms with Crippen LogP contribution in [0.3, 0.4) is 0 Å². The Balaban J connectivity index is 2.13. The summed E-state index contributed by atoms with van der Waals surface area (Å²) in [5.41, 5.74) is 0.810. The van der Waals surface area contributed by atoms with Gasteiger partial charge >= 0.3 is 4.34 Å². The molecular weight excluding hydrogens is 320 g/mol. The van der Waals surface area contributed by atoms with Gasteiger partial charge in [0.05, 0.1) is 5.69 Å². The molecule has 0 radical (unpaired) electrons. The standard InChI is InChI=1S/C12H13F2N3O2S2/c1-21(18)12-17-10-8(20-12)7(6-2-4-19-5-3-6)15-11(16-10)9(13)14/h6,9H,2-5H2,1H3. The van der Waals surface area contributed by atoms with E-state index in [0.717, 1.165) is 12.8 Å². The molecule has 1 unspecified atom stereocenters. The average Bonchev–Trinajstić information content (AvgIpc) is 2.91. The molecule has 3 heterocycles. The van der Waals surface area contributed by atoms with Gasteiger partial charge in [-0.1, -0.05) is 11.3 Å². The monoisotopic (exact) mass is 333 g/mol. The predicted octanol–water partition coefficient (Wildman–Crippen LogP) is 2.66. The minimum absolute atomic E-state index is 0.0559. The van der Waals surface area contributed by atoms with E-state index in [9.17, 15) is 13.3 Å². The van der Waals surface area contributed by atoms with Crippen molar-refractivity contribution in [1.82, 2.24) is 15.0 Å². The van der Waals surface area contributed by atoms with Crippen LogP contribution in [-0.4, -0.2) is 39.0 Å². The van der Waals surface area contributed by atoms with Crippen LogP contribution in [0.5, 0.6) is 0 Å². The van der Waals surface area contributed by atoms with Crippen LogP contribution < -0.4 is 0 Å². The third-order valence-electron chi connectivity index (χ3n) is 3.33. The molecule has 0 amide bonds. The minimum Gasteiger partial charge on any atom is -0.610 e. The fraction of sp³-hybridized carbons (Fsp3) is 0.583.